The van der Waals surface area contributed by atoms with Gasteiger partial charge in [-0.05, 0) is 18.2 Å². The largest absolute Gasteiger partial charge is 0.495 e. The van der Waals surface area contributed by atoms with E-state index in [0.29, 0.717) is 34.6 Å². The highest BCUT2D eigenvalue weighted by Crippen LogP contribution is 2.25. The molecule has 0 aliphatic heterocycles. The molecule has 23 heavy (non-hydrogen) atoms. The molecule has 0 aromatic heterocycles. The third-order valence-corrected chi connectivity index (χ3v) is 4.23. The van der Waals surface area contributed by atoms with Gasteiger partial charge in [0.05, 0.1) is 29.9 Å². The number of ether oxygens (including phenoxy) is 1. The third kappa shape index (κ3) is 4.86. The summed E-state index contributed by atoms with van der Waals surface area (Å²) in [5, 5.41) is 3.92. The number of halogens is 2. The van der Waals surface area contributed by atoms with Gasteiger partial charge in [0, 0.05) is 5.56 Å². The molecule has 1 amide bonds. The summed E-state index contributed by atoms with van der Waals surface area (Å²) < 4.78 is 5.22. The van der Waals surface area contributed by atoms with Crippen molar-refractivity contribution in [2.45, 2.75) is 6.54 Å². The van der Waals surface area contributed by atoms with Crippen molar-refractivity contribution < 1.29 is 14.4 Å². The van der Waals surface area contributed by atoms with E-state index in [9.17, 15) is 4.79 Å². The number of amides is 1. The number of carbonyl (C=O) groups excluding carboxylic acids is 1. The Morgan fingerprint density at radius 2 is 1.91 bits per heavy atom. The van der Waals surface area contributed by atoms with Crippen LogP contribution < -0.4 is 15.0 Å². The van der Waals surface area contributed by atoms with E-state index in [1.54, 1.807) is 25.3 Å². The molecule has 0 radical (unpaired) electrons. The Morgan fingerprint density at radius 1 is 1.17 bits per heavy atom. The van der Waals surface area contributed by atoms with Crippen LogP contribution in [-0.4, -0.2) is 26.6 Å². The number of likely N-dealkylation sites (N-methyl/N-ethyl adjacent to an activating group) is 1. The number of rotatable bonds is 6. The van der Waals surface area contributed by atoms with Gasteiger partial charge < -0.3 is 15.0 Å². The Morgan fingerprint density at radius 3 is 2.65 bits per heavy atom. The van der Waals surface area contributed by atoms with Crippen molar-refractivity contribution in [1.82, 2.24) is 0 Å². The number of quaternary nitrogens is 1. The summed E-state index contributed by atoms with van der Waals surface area (Å²) in [5.74, 6) is 0.543. The monoisotopic (exact) mass is 353 g/mol. The molecule has 0 heterocycles. The highest BCUT2D eigenvalue weighted by molar-refractivity contribution is 6.42. The second-order valence-electron chi connectivity index (χ2n) is 5.27. The molecule has 0 aliphatic rings. The molecule has 2 N–H and O–H groups in total. The molecule has 122 valence electrons. The summed E-state index contributed by atoms with van der Waals surface area (Å²) in [7, 11) is 3.50. The lowest BCUT2D eigenvalue weighted by Gasteiger charge is -2.16. The Kier molecular flexibility index (Phi) is 6.28. The maximum absolute atomic E-state index is 12.2. The van der Waals surface area contributed by atoms with Crippen LogP contribution in [0.25, 0.3) is 0 Å². The van der Waals surface area contributed by atoms with Crippen LogP contribution in [0.5, 0.6) is 5.75 Å². The maximum atomic E-state index is 12.2. The van der Waals surface area contributed by atoms with Crippen LogP contribution in [0.2, 0.25) is 10.0 Å². The van der Waals surface area contributed by atoms with E-state index in [1.165, 1.54) is 0 Å². The van der Waals surface area contributed by atoms with Crippen molar-refractivity contribution >= 4 is 34.8 Å². The van der Waals surface area contributed by atoms with Crippen LogP contribution in [0.15, 0.2) is 42.5 Å². The molecule has 0 saturated carbocycles. The van der Waals surface area contributed by atoms with Crippen LogP contribution in [0.1, 0.15) is 5.56 Å². The van der Waals surface area contributed by atoms with Crippen molar-refractivity contribution in [3.8, 4) is 5.75 Å². The number of carbonyl (C=O) groups is 1. The molecule has 0 bridgehead atoms. The first-order valence-corrected chi connectivity index (χ1v) is 7.94. The lowest BCUT2D eigenvalue weighted by atomic mass is 10.2. The molecule has 1 unspecified atom stereocenters. The van der Waals surface area contributed by atoms with Gasteiger partial charge >= 0.3 is 0 Å². The van der Waals surface area contributed by atoms with Gasteiger partial charge in [-0.25, -0.2) is 0 Å². The SMILES string of the molecule is COc1ccccc1NC(=O)C[NH+](C)Cc1cccc(Cl)c1Cl. The molecular formula is C17H19Cl2N2O2+. The second kappa shape index (κ2) is 8.20. The molecule has 0 spiro atoms. The molecule has 1 atom stereocenters. The first kappa shape index (κ1) is 17.6. The zero-order chi connectivity index (χ0) is 16.8. The van der Waals surface area contributed by atoms with E-state index in [0.717, 1.165) is 10.5 Å². The zero-order valence-corrected chi connectivity index (χ0v) is 14.5. The zero-order valence-electron chi connectivity index (χ0n) is 13.0. The predicted molar refractivity (Wildman–Crippen MR) is 93.5 cm³/mol. The van der Waals surface area contributed by atoms with Crippen LogP contribution in [0, 0.1) is 0 Å². The summed E-state index contributed by atoms with van der Waals surface area (Å²) in [5.41, 5.74) is 1.58. The highest BCUT2D eigenvalue weighted by atomic mass is 35.5. The maximum Gasteiger partial charge on any atom is 0.279 e. The average Bonchev–Trinajstić information content (AvgIpc) is 2.52. The molecule has 0 fully saturated rings. The van der Waals surface area contributed by atoms with Gasteiger partial charge in [0.15, 0.2) is 6.54 Å². The van der Waals surface area contributed by atoms with Gasteiger partial charge in [0.1, 0.15) is 12.3 Å². The molecule has 2 rings (SSSR count). The number of para-hydroxylation sites is 2. The van der Waals surface area contributed by atoms with E-state index in [2.05, 4.69) is 5.32 Å². The lowest BCUT2D eigenvalue weighted by molar-refractivity contribution is -0.885. The fourth-order valence-corrected chi connectivity index (χ4v) is 2.68. The minimum absolute atomic E-state index is 0.0925. The van der Waals surface area contributed by atoms with E-state index in [4.69, 9.17) is 27.9 Å². The molecule has 2 aromatic carbocycles. The van der Waals surface area contributed by atoms with Crippen molar-refractivity contribution in [3.63, 3.8) is 0 Å². The van der Waals surface area contributed by atoms with E-state index >= 15 is 0 Å². The van der Waals surface area contributed by atoms with Crippen LogP contribution in [0.4, 0.5) is 5.69 Å². The van der Waals surface area contributed by atoms with E-state index in [1.807, 2.05) is 31.3 Å². The standard InChI is InChI=1S/C17H18Cl2N2O2/c1-21(10-12-6-5-7-13(18)17(12)19)11-16(22)20-14-8-3-4-9-15(14)23-2/h3-9H,10-11H2,1-2H3,(H,20,22)/p+1. The highest BCUT2D eigenvalue weighted by Gasteiger charge is 2.15. The fourth-order valence-electron chi connectivity index (χ4n) is 2.29. The third-order valence-electron chi connectivity index (χ3n) is 3.37. The number of benzene rings is 2. The average molecular weight is 354 g/mol. The predicted octanol–water partition coefficient (Wildman–Crippen LogP) is 2.66. The molecular weight excluding hydrogens is 335 g/mol. The van der Waals surface area contributed by atoms with Gasteiger partial charge in [0.2, 0.25) is 0 Å². The fraction of sp³-hybridized carbons (Fsp3) is 0.235. The van der Waals surface area contributed by atoms with E-state index < -0.39 is 0 Å². The minimum Gasteiger partial charge on any atom is -0.495 e. The normalized spacial score (nSPS) is 11.8. The number of methoxy groups -OCH3 is 1. The van der Waals surface area contributed by atoms with Gasteiger partial charge in [-0.2, -0.15) is 0 Å². The van der Waals surface area contributed by atoms with Gasteiger partial charge in [-0.1, -0.05) is 47.5 Å². The van der Waals surface area contributed by atoms with Gasteiger partial charge in [-0.15, -0.1) is 0 Å². The summed E-state index contributed by atoms with van der Waals surface area (Å²) in [4.78, 5) is 13.2. The summed E-state index contributed by atoms with van der Waals surface area (Å²) in [6, 6.07) is 12.8. The Hall–Kier alpha value is -1.75. The number of anilines is 1. The van der Waals surface area contributed by atoms with Crippen LogP contribution in [-0.2, 0) is 11.3 Å². The van der Waals surface area contributed by atoms with E-state index in [-0.39, 0.29) is 5.91 Å². The van der Waals surface area contributed by atoms with Crippen molar-refractivity contribution in [2.75, 3.05) is 26.0 Å². The molecule has 2 aromatic rings. The lowest BCUT2D eigenvalue weighted by Crippen LogP contribution is -3.08. The Balaban J connectivity index is 1.96. The molecule has 0 aliphatic carbocycles. The van der Waals surface area contributed by atoms with Crippen LogP contribution >= 0.6 is 23.2 Å². The van der Waals surface area contributed by atoms with Crippen molar-refractivity contribution in [2.24, 2.45) is 0 Å². The van der Waals surface area contributed by atoms with Crippen molar-refractivity contribution in [3.05, 3.63) is 58.1 Å². The first-order valence-electron chi connectivity index (χ1n) is 7.18. The number of hydrogen-bond donors (Lipinski definition) is 2. The van der Waals surface area contributed by atoms with Gasteiger partial charge in [0.25, 0.3) is 5.91 Å². The minimum atomic E-state index is -0.0925. The smallest absolute Gasteiger partial charge is 0.279 e. The summed E-state index contributed by atoms with van der Waals surface area (Å²) >= 11 is 12.2. The van der Waals surface area contributed by atoms with Gasteiger partial charge in [-0.3, -0.25) is 4.79 Å². The second-order valence-corrected chi connectivity index (χ2v) is 6.06. The Labute approximate surface area is 146 Å². The number of hydrogen-bond acceptors (Lipinski definition) is 2. The molecule has 6 heteroatoms. The topological polar surface area (TPSA) is 42.8 Å². The quantitative estimate of drug-likeness (QED) is 0.838. The summed E-state index contributed by atoms with van der Waals surface area (Å²) in [6.45, 7) is 0.916. The first-order chi connectivity index (χ1) is 11.0. The molecule has 0 saturated heterocycles. The van der Waals surface area contributed by atoms with Crippen molar-refractivity contribution in [1.29, 1.82) is 0 Å². The summed E-state index contributed by atoms with van der Waals surface area (Å²) in [6.07, 6.45) is 0. The molecule has 4 nitrogen and oxygen atoms in total. The van der Waals surface area contributed by atoms with Crippen LogP contribution in [0.3, 0.4) is 0 Å². The Bertz CT molecular complexity index is 692. The number of nitrogens with one attached hydrogen (secondary N) is 2.